The summed E-state index contributed by atoms with van der Waals surface area (Å²) in [4.78, 5) is 0. The van der Waals surface area contributed by atoms with Gasteiger partial charge in [-0.15, -0.1) is 0 Å². The van der Waals surface area contributed by atoms with Gasteiger partial charge in [0.2, 0.25) is 10.0 Å². The second-order valence-corrected chi connectivity index (χ2v) is 5.55. The Bertz CT molecular complexity index is 429. The van der Waals surface area contributed by atoms with Gasteiger partial charge in [0, 0.05) is 12.1 Å². The number of rotatable bonds is 6. The lowest BCUT2D eigenvalue weighted by Crippen LogP contribution is -2.25. The van der Waals surface area contributed by atoms with E-state index < -0.39 is 10.0 Å². The molecule has 16 heavy (non-hydrogen) atoms. The average Bonchev–Trinajstić information content (AvgIpc) is 2.26. The first-order valence-electron chi connectivity index (χ1n) is 5.29. The molecular formula is C11H17NO3S. The highest BCUT2D eigenvalue weighted by atomic mass is 32.2. The Morgan fingerprint density at radius 2 is 2.00 bits per heavy atom. The highest BCUT2D eigenvalue weighted by molar-refractivity contribution is 7.89. The van der Waals surface area contributed by atoms with Crippen LogP contribution >= 0.6 is 0 Å². The van der Waals surface area contributed by atoms with Crippen LogP contribution in [-0.2, 0) is 16.6 Å². The van der Waals surface area contributed by atoms with Crippen LogP contribution in [0.15, 0.2) is 24.3 Å². The van der Waals surface area contributed by atoms with Crippen molar-refractivity contribution in [3.63, 3.8) is 0 Å². The largest absolute Gasteiger partial charge is 0.508 e. The minimum Gasteiger partial charge on any atom is -0.508 e. The van der Waals surface area contributed by atoms with E-state index in [9.17, 15) is 13.5 Å². The first-order chi connectivity index (χ1) is 7.55. The van der Waals surface area contributed by atoms with Crippen LogP contribution < -0.4 is 4.72 Å². The maximum Gasteiger partial charge on any atom is 0.211 e. The van der Waals surface area contributed by atoms with Crippen LogP contribution in [0.4, 0.5) is 0 Å². The smallest absolute Gasteiger partial charge is 0.211 e. The SMILES string of the molecule is CCCCS(=O)(=O)NCc1ccccc1O. The van der Waals surface area contributed by atoms with Crippen LogP contribution in [0.3, 0.4) is 0 Å². The normalized spacial score (nSPS) is 11.6. The molecule has 4 nitrogen and oxygen atoms in total. The molecule has 0 aliphatic rings. The molecule has 2 N–H and O–H groups in total. The Hall–Kier alpha value is -1.07. The Balaban J connectivity index is 2.55. The van der Waals surface area contributed by atoms with Crippen molar-refractivity contribution in [2.45, 2.75) is 26.3 Å². The van der Waals surface area contributed by atoms with Gasteiger partial charge >= 0.3 is 0 Å². The van der Waals surface area contributed by atoms with Gasteiger partial charge in [-0.3, -0.25) is 0 Å². The molecule has 0 saturated carbocycles. The molecule has 0 aromatic heterocycles. The predicted molar refractivity (Wildman–Crippen MR) is 63.6 cm³/mol. The van der Waals surface area contributed by atoms with E-state index in [0.29, 0.717) is 12.0 Å². The van der Waals surface area contributed by atoms with Crippen molar-refractivity contribution in [3.8, 4) is 5.75 Å². The maximum absolute atomic E-state index is 11.5. The van der Waals surface area contributed by atoms with Gasteiger partial charge in [-0.05, 0) is 12.5 Å². The molecule has 0 spiro atoms. The molecule has 0 fully saturated rings. The van der Waals surface area contributed by atoms with E-state index >= 15 is 0 Å². The van der Waals surface area contributed by atoms with E-state index in [-0.39, 0.29) is 18.0 Å². The number of benzene rings is 1. The quantitative estimate of drug-likeness (QED) is 0.797. The van der Waals surface area contributed by atoms with Crippen molar-refractivity contribution in [3.05, 3.63) is 29.8 Å². The van der Waals surface area contributed by atoms with E-state index in [1.165, 1.54) is 6.07 Å². The second-order valence-electron chi connectivity index (χ2n) is 3.62. The highest BCUT2D eigenvalue weighted by Crippen LogP contribution is 2.15. The highest BCUT2D eigenvalue weighted by Gasteiger charge is 2.09. The van der Waals surface area contributed by atoms with Crippen molar-refractivity contribution in [1.82, 2.24) is 4.72 Å². The molecular weight excluding hydrogens is 226 g/mol. The summed E-state index contributed by atoms with van der Waals surface area (Å²) in [5.74, 6) is 0.248. The number of aromatic hydroxyl groups is 1. The molecule has 0 aliphatic carbocycles. The van der Waals surface area contributed by atoms with E-state index in [1.807, 2.05) is 6.92 Å². The van der Waals surface area contributed by atoms with Crippen molar-refractivity contribution in [2.24, 2.45) is 0 Å². The van der Waals surface area contributed by atoms with Gasteiger partial charge in [-0.2, -0.15) is 0 Å². The summed E-state index contributed by atoms with van der Waals surface area (Å²) >= 11 is 0. The summed E-state index contributed by atoms with van der Waals surface area (Å²) in [5.41, 5.74) is 0.586. The number of hydrogen-bond donors (Lipinski definition) is 2. The minimum atomic E-state index is -3.22. The van der Waals surface area contributed by atoms with E-state index in [2.05, 4.69) is 4.72 Å². The molecule has 0 amide bonds. The van der Waals surface area contributed by atoms with Crippen molar-refractivity contribution in [2.75, 3.05) is 5.75 Å². The second kappa shape index (κ2) is 5.86. The number of hydrogen-bond acceptors (Lipinski definition) is 3. The average molecular weight is 243 g/mol. The molecule has 0 radical (unpaired) electrons. The molecule has 1 aromatic carbocycles. The molecule has 0 unspecified atom stereocenters. The lowest BCUT2D eigenvalue weighted by Gasteiger charge is -2.07. The Labute approximate surface area is 96.4 Å². The van der Waals surface area contributed by atoms with Crippen molar-refractivity contribution < 1.29 is 13.5 Å². The van der Waals surface area contributed by atoms with E-state index in [0.717, 1.165) is 6.42 Å². The molecule has 0 atom stereocenters. The maximum atomic E-state index is 11.5. The van der Waals surface area contributed by atoms with Gasteiger partial charge in [0.15, 0.2) is 0 Å². The number of phenols is 1. The van der Waals surface area contributed by atoms with Gasteiger partial charge in [0.1, 0.15) is 5.75 Å². The van der Waals surface area contributed by atoms with E-state index in [1.54, 1.807) is 18.2 Å². The first-order valence-corrected chi connectivity index (χ1v) is 6.94. The van der Waals surface area contributed by atoms with Crippen LogP contribution in [0.25, 0.3) is 0 Å². The Kier molecular flexibility index (Phi) is 4.76. The number of nitrogens with one attached hydrogen (secondary N) is 1. The Morgan fingerprint density at radius 1 is 1.31 bits per heavy atom. The number of phenolic OH excluding ortho intramolecular Hbond substituents is 1. The van der Waals surface area contributed by atoms with Crippen LogP contribution in [0.5, 0.6) is 5.75 Å². The zero-order chi connectivity index (χ0) is 12.0. The van der Waals surface area contributed by atoms with Gasteiger partial charge in [0.05, 0.1) is 5.75 Å². The van der Waals surface area contributed by atoms with Crippen molar-refractivity contribution >= 4 is 10.0 Å². The van der Waals surface area contributed by atoms with E-state index in [4.69, 9.17) is 0 Å². The number of para-hydroxylation sites is 1. The van der Waals surface area contributed by atoms with Crippen LogP contribution in [0.1, 0.15) is 25.3 Å². The van der Waals surface area contributed by atoms with Crippen LogP contribution in [0, 0.1) is 0 Å². The first kappa shape index (κ1) is 13.0. The molecule has 90 valence electrons. The lowest BCUT2D eigenvalue weighted by atomic mass is 10.2. The molecule has 5 heteroatoms. The molecule has 1 aromatic rings. The fourth-order valence-electron chi connectivity index (χ4n) is 1.25. The standard InChI is InChI=1S/C11H17NO3S/c1-2-3-8-16(14,15)12-9-10-6-4-5-7-11(10)13/h4-7,12-13H,2-3,8-9H2,1H3. The lowest BCUT2D eigenvalue weighted by molar-refractivity contribution is 0.467. The third-order valence-corrected chi connectivity index (χ3v) is 3.65. The monoisotopic (exact) mass is 243 g/mol. The fraction of sp³-hybridized carbons (Fsp3) is 0.455. The Morgan fingerprint density at radius 3 is 2.62 bits per heavy atom. The summed E-state index contributed by atoms with van der Waals surface area (Å²) < 4.78 is 25.4. The molecule has 1 rings (SSSR count). The molecule has 0 heterocycles. The van der Waals surface area contributed by atoms with Gasteiger partial charge in [0.25, 0.3) is 0 Å². The summed E-state index contributed by atoms with van der Waals surface area (Å²) in [5, 5.41) is 9.45. The predicted octanol–water partition coefficient (Wildman–Crippen LogP) is 1.61. The third-order valence-electron chi connectivity index (χ3n) is 2.24. The third kappa shape index (κ3) is 4.20. The minimum absolute atomic E-state index is 0.112. The van der Waals surface area contributed by atoms with Gasteiger partial charge in [-0.25, -0.2) is 13.1 Å². The van der Waals surface area contributed by atoms with Gasteiger partial charge in [-0.1, -0.05) is 31.5 Å². The zero-order valence-corrected chi connectivity index (χ0v) is 10.1. The molecule has 0 aliphatic heterocycles. The summed E-state index contributed by atoms with van der Waals surface area (Å²) in [6.07, 6.45) is 1.49. The number of sulfonamides is 1. The topological polar surface area (TPSA) is 66.4 Å². The molecule has 0 saturated heterocycles. The zero-order valence-electron chi connectivity index (χ0n) is 9.31. The van der Waals surface area contributed by atoms with Crippen LogP contribution in [0.2, 0.25) is 0 Å². The number of unbranched alkanes of at least 4 members (excludes halogenated alkanes) is 1. The fourth-order valence-corrected chi connectivity index (χ4v) is 2.44. The van der Waals surface area contributed by atoms with Crippen LogP contribution in [-0.4, -0.2) is 19.3 Å². The molecule has 0 bridgehead atoms. The van der Waals surface area contributed by atoms with Gasteiger partial charge < -0.3 is 5.11 Å². The summed E-state index contributed by atoms with van der Waals surface area (Å²) in [6.45, 7) is 2.08. The van der Waals surface area contributed by atoms with Crippen molar-refractivity contribution in [1.29, 1.82) is 0 Å². The summed E-state index contributed by atoms with van der Waals surface area (Å²) in [6, 6.07) is 6.69. The summed E-state index contributed by atoms with van der Waals surface area (Å²) in [7, 11) is -3.22.